The highest BCUT2D eigenvalue weighted by molar-refractivity contribution is 6.36. The van der Waals surface area contributed by atoms with E-state index in [1.807, 2.05) is 6.92 Å². The van der Waals surface area contributed by atoms with Crippen LogP contribution in [0.2, 0.25) is 0 Å². The molecule has 4 heteroatoms. The van der Waals surface area contributed by atoms with Crippen LogP contribution in [0.5, 0.6) is 0 Å². The van der Waals surface area contributed by atoms with Gasteiger partial charge >= 0.3 is 0 Å². The Morgan fingerprint density at radius 1 is 1.67 bits per heavy atom. The van der Waals surface area contributed by atoms with E-state index in [9.17, 15) is 0 Å². The Balaban J connectivity index is 3.29. The van der Waals surface area contributed by atoms with Crippen LogP contribution in [0.1, 0.15) is 5.69 Å². The molecule has 0 fully saturated rings. The van der Waals surface area contributed by atoms with Crippen LogP contribution in [0.3, 0.4) is 0 Å². The quantitative estimate of drug-likeness (QED) is 0.452. The predicted octanol–water partition coefficient (Wildman–Crippen LogP) is -0.895. The highest BCUT2D eigenvalue weighted by Gasteiger charge is 2.01. The van der Waals surface area contributed by atoms with Gasteiger partial charge in [-0.15, -0.1) is 0 Å². The van der Waals surface area contributed by atoms with Crippen molar-refractivity contribution in [1.82, 2.24) is 9.78 Å². The largest absolute Gasteiger partial charge is 0.384 e. The first-order valence-corrected chi connectivity index (χ1v) is 2.67. The first kappa shape index (κ1) is 6.20. The monoisotopic (exact) mass is 121 g/mol. The second-order valence-electron chi connectivity index (χ2n) is 2.01. The summed E-state index contributed by atoms with van der Waals surface area (Å²) in [6.45, 7) is 1.83. The van der Waals surface area contributed by atoms with Gasteiger partial charge in [-0.1, -0.05) is 0 Å². The first-order valence-electron chi connectivity index (χ1n) is 2.67. The van der Waals surface area contributed by atoms with Crippen LogP contribution < -0.4 is 11.2 Å². The Morgan fingerprint density at radius 2 is 2.22 bits per heavy atom. The molecule has 0 aliphatic carbocycles. The molecule has 0 saturated heterocycles. The van der Waals surface area contributed by atoms with E-state index in [1.165, 1.54) is 0 Å². The van der Waals surface area contributed by atoms with E-state index < -0.39 is 0 Å². The fourth-order valence-corrected chi connectivity index (χ4v) is 0.692. The van der Waals surface area contributed by atoms with Crippen LogP contribution in [0.15, 0.2) is 0 Å². The number of nitrogens with zero attached hydrogens (tertiary/aromatic N) is 2. The Bertz CT molecular complexity index is 206. The number of aromatic nitrogens is 2. The molecule has 0 unspecified atom stereocenters. The number of aryl methyl sites for hydroxylation is 2. The van der Waals surface area contributed by atoms with E-state index in [-0.39, 0.29) is 0 Å². The molecule has 46 valence electrons. The average Bonchev–Trinajstić information content (AvgIpc) is 1.98. The standard InChI is InChI=1S/C5H8BN3/c1-3-4(6)5(7)9(2)8-3/h7H2,1-2H3. The van der Waals surface area contributed by atoms with Gasteiger partial charge in [0.25, 0.3) is 0 Å². The minimum absolute atomic E-state index is 0.535. The van der Waals surface area contributed by atoms with Gasteiger partial charge in [0, 0.05) is 7.05 Å². The molecule has 2 radical (unpaired) electrons. The van der Waals surface area contributed by atoms with E-state index in [4.69, 9.17) is 13.6 Å². The maximum Gasteiger partial charge on any atom is 0.121 e. The van der Waals surface area contributed by atoms with Crippen LogP contribution in [-0.4, -0.2) is 17.6 Å². The van der Waals surface area contributed by atoms with Crippen molar-refractivity contribution in [3.05, 3.63) is 5.69 Å². The van der Waals surface area contributed by atoms with Crippen molar-refractivity contribution in [3.8, 4) is 0 Å². The summed E-state index contributed by atoms with van der Waals surface area (Å²) < 4.78 is 1.56. The lowest BCUT2D eigenvalue weighted by Gasteiger charge is -1.91. The number of nitrogens with two attached hydrogens (primary N) is 1. The predicted molar refractivity (Wildman–Crippen MR) is 37.7 cm³/mol. The summed E-state index contributed by atoms with van der Waals surface area (Å²) in [7, 11) is 7.26. The van der Waals surface area contributed by atoms with Crippen LogP contribution in [-0.2, 0) is 7.05 Å². The fourth-order valence-electron chi connectivity index (χ4n) is 0.692. The number of nitrogen functional groups attached to an aromatic ring is 1. The molecule has 0 spiro atoms. The number of hydrogen-bond acceptors (Lipinski definition) is 2. The van der Waals surface area contributed by atoms with Crippen molar-refractivity contribution in [1.29, 1.82) is 0 Å². The van der Waals surface area contributed by atoms with E-state index in [1.54, 1.807) is 11.7 Å². The van der Waals surface area contributed by atoms with Crippen LogP contribution in [0.4, 0.5) is 5.82 Å². The molecule has 0 saturated carbocycles. The summed E-state index contributed by atoms with van der Waals surface area (Å²) >= 11 is 0. The van der Waals surface area contributed by atoms with Crippen molar-refractivity contribution in [3.63, 3.8) is 0 Å². The van der Waals surface area contributed by atoms with Gasteiger partial charge in [0.15, 0.2) is 0 Å². The summed E-state index contributed by atoms with van der Waals surface area (Å²) in [6.07, 6.45) is 0. The normalized spacial score (nSPS) is 10.0. The second-order valence-corrected chi connectivity index (χ2v) is 2.01. The molecule has 0 aliphatic rings. The summed E-state index contributed by atoms with van der Waals surface area (Å²) in [4.78, 5) is 0. The minimum atomic E-state index is 0.535. The zero-order valence-electron chi connectivity index (χ0n) is 5.55. The summed E-state index contributed by atoms with van der Waals surface area (Å²) in [5.41, 5.74) is 6.85. The van der Waals surface area contributed by atoms with E-state index in [0.29, 0.717) is 11.3 Å². The molecular formula is C5H8BN3. The highest BCUT2D eigenvalue weighted by Crippen LogP contribution is 1.95. The lowest BCUT2D eigenvalue weighted by Crippen LogP contribution is -2.10. The highest BCUT2D eigenvalue weighted by atomic mass is 15.3. The first-order chi connectivity index (χ1) is 4.13. The van der Waals surface area contributed by atoms with Gasteiger partial charge in [0.2, 0.25) is 0 Å². The Labute approximate surface area is 55.3 Å². The average molecular weight is 121 g/mol. The third-order valence-electron chi connectivity index (χ3n) is 1.31. The van der Waals surface area contributed by atoms with Crippen LogP contribution in [0, 0.1) is 6.92 Å². The van der Waals surface area contributed by atoms with Crippen molar-refractivity contribution < 1.29 is 0 Å². The molecule has 0 bridgehead atoms. The summed E-state index contributed by atoms with van der Waals surface area (Å²) in [6, 6.07) is 0. The van der Waals surface area contributed by atoms with Crippen LogP contribution in [0.25, 0.3) is 0 Å². The SMILES string of the molecule is [B]c1c(C)nn(C)c1N. The van der Waals surface area contributed by atoms with Gasteiger partial charge in [-0.3, -0.25) is 4.68 Å². The van der Waals surface area contributed by atoms with Crippen molar-refractivity contribution in [2.24, 2.45) is 7.05 Å². The third-order valence-corrected chi connectivity index (χ3v) is 1.31. The van der Waals surface area contributed by atoms with Gasteiger partial charge in [-0.2, -0.15) is 5.10 Å². The molecule has 0 atom stereocenters. The molecule has 1 aromatic heterocycles. The lowest BCUT2D eigenvalue weighted by atomic mass is 9.96. The van der Waals surface area contributed by atoms with E-state index in [2.05, 4.69) is 5.10 Å². The van der Waals surface area contributed by atoms with Gasteiger partial charge < -0.3 is 5.73 Å². The second kappa shape index (κ2) is 1.79. The molecule has 2 N–H and O–H groups in total. The molecule has 1 aromatic rings. The van der Waals surface area contributed by atoms with Gasteiger partial charge in [-0.05, 0) is 12.4 Å². The summed E-state index contributed by atoms with van der Waals surface area (Å²) in [5, 5.41) is 3.98. The minimum Gasteiger partial charge on any atom is -0.384 e. The Hall–Kier alpha value is -0.925. The molecule has 0 aliphatic heterocycles. The topological polar surface area (TPSA) is 43.8 Å². The molecule has 9 heavy (non-hydrogen) atoms. The van der Waals surface area contributed by atoms with Gasteiger partial charge in [-0.25, -0.2) is 0 Å². The van der Waals surface area contributed by atoms with Crippen LogP contribution >= 0.6 is 0 Å². The summed E-state index contributed by atoms with van der Waals surface area (Å²) in [5.74, 6) is 0.535. The smallest absolute Gasteiger partial charge is 0.121 e. The Morgan fingerprint density at radius 3 is 2.33 bits per heavy atom. The maximum atomic E-state index is 5.49. The molecular weight excluding hydrogens is 113 g/mol. The molecule has 0 amide bonds. The number of anilines is 1. The van der Waals surface area contributed by atoms with Gasteiger partial charge in [0.05, 0.1) is 5.69 Å². The third kappa shape index (κ3) is 0.802. The lowest BCUT2D eigenvalue weighted by molar-refractivity contribution is 0.767. The van der Waals surface area contributed by atoms with E-state index >= 15 is 0 Å². The molecule has 3 nitrogen and oxygen atoms in total. The number of rotatable bonds is 0. The molecule has 1 rings (SSSR count). The zero-order chi connectivity index (χ0) is 7.02. The molecule has 0 aromatic carbocycles. The molecule has 1 heterocycles. The Kier molecular flexibility index (Phi) is 1.23. The van der Waals surface area contributed by atoms with Gasteiger partial charge in [0.1, 0.15) is 13.7 Å². The van der Waals surface area contributed by atoms with Crippen molar-refractivity contribution in [2.75, 3.05) is 5.73 Å². The van der Waals surface area contributed by atoms with Crippen molar-refractivity contribution in [2.45, 2.75) is 6.92 Å². The van der Waals surface area contributed by atoms with Crippen molar-refractivity contribution >= 4 is 19.1 Å². The van der Waals surface area contributed by atoms with E-state index in [0.717, 1.165) is 5.69 Å². The fraction of sp³-hybridized carbons (Fsp3) is 0.400. The zero-order valence-corrected chi connectivity index (χ0v) is 5.55. The number of hydrogen-bond donors (Lipinski definition) is 1. The maximum absolute atomic E-state index is 5.49.